The van der Waals surface area contributed by atoms with Gasteiger partial charge in [0.2, 0.25) is 0 Å². The van der Waals surface area contributed by atoms with Crippen molar-refractivity contribution in [2.45, 2.75) is 13.5 Å². The molecule has 4 nitrogen and oxygen atoms in total. The van der Waals surface area contributed by atoms with E-state index in [9.17, 15) is 4.79 Å². The summed E-state index contributed by atoms with van der Waals surface area (Å²) in [4.78, 5) is 16.8. The predicted molar refractivity (Wildman–Crippen MR) is 96.5 cm³/mol. The lowest BCUT2D eigenvalue weighted by Crippen LogP contribution is -2.23. The molecule has 3 aromatic rings. The van der Waals surface area contributed by atoms with Gasteiger partial charge in [-0.1, -0.05) is 24.3 Å². The molecule has 0 aliphatic rings. The Morgan fingerprint density at radius 3 is 2.58 bits per heavy atom. The number of carbonyl (C=O) groups excluding carboxylic acids is 1. The van der Waals surface area contributed by atoms with Gasteiger partial charge in [-0.05, 0) is 36.8 Å². The highest BCUT2D eigenvalue weighted by Crippen LogP contribution is 2.27. The third-order valence-corrected chi connectivity index (χ3v) is 4.65. The van der Waals surface area contributed by atoms with Crippen LogP contribution in [-0.4, -0.2) is 18.0 Å². The van der Waals surface area contributed by atoms with Crippen LogP contribution in [0.3, 0.4) is 0 Å². The molecule has 1 aromatic heterocycles. The van der Waals surface area contributed by atoms with Gasteiger partial charge in [-0.15, -0.1) is 11.3 Å². The van der Waals surface area contributed by atoms with Gasteiger partial charge in [-0.25, -0.2) is 4.98 Å². The first-order chi connectivity index (χ1) is 11.7. The molecule has 24 heavy (non-hydrogen) atoms. The Hall–Kier alpha value is -2.66. The average Bonchev–Trinajstić information content (AvgIpc) is 3.06. The lowest BCUT2D eigenvalue weighted by Gasteiger charge is -2.09. The zero-order valence-corrected chi connectivity index (χ0v) is 14.4. The summed E-state index contributed by atoms with van der Waals surface area (Å²) in [6.45, 7) is 2.44. The maximum Gasteiger partial charge on any atom is 0.251 e. The molecule has 0 aliphatic carbocycles. The molecule has 0 fully saturated rings. The maximum atomic E-state index is 12.3. The van der Waals surface area contributed by atoms with Gasteiger partial charge in [0.15, 0.2) is 0 Å². The van der Waals surface area contributed by atoms with E-state index in [0.717, 1.165) is 27.6 Å². The number of hydrogen-bond donors (Lipinski definition) is 1. The first-order valence-corrected chi connectivity index (χ1v) is 8.48. The molecule has 0 bridgehead atoms. The zero-order valence-electron chi connectivity index (χ0n) is 13.6. The largest absolute Gasteiger partial charge is 0.497 e. The number of ether oxygens (including phenoxy) is 1. The van der Waals surface area contributed by atoms with Crippen molar-refractivity contribution in [3.63, 3.8) is 0 Å². The summed E-state index contributed by atoms with van der Waals surface area (Å²) in [5.74, 6) is 0.624. The van der Waals surface area contributed by atoms with Crippen molar-refractivity contribution in [3.05, 3.63) is 70.7 Å². The predicted octanol–water partition coefficient (Wildman–Crippen LogP) is 4.06. The van der Waals surface area contributed by atoms with Crippen molar-refractivity contribution in [2.75, 3.05) is 7.11 Å². The molecular weight excluding hydrogens is 320 g/mol. The van der Waals surface area contributed by atoms with Gasteiger partial charge in [0, 0.05) is 28.7 Å². The van der Waals surface area contributed by atoms with Crippen LogP contribution >= 0.6 is 11.3 Å². The summed E-state index contributed by atoms with van der Waals surface area (Å²) in [7, 11) is 1.60. The Balaban J connectivity index is 1.73. The molecule has 0 spiro atoms. The van der Waals surface area contributed by atoms with Crippen molar-refractivity contribution < 1.29 is 9.53 Å². The Morgan fingerprint density at radius 2 is 1.92 bits per heavy atom. The van der Waals surface area contributed by atoms with E-state index < -0.39 is 0 Å². The fourth-order valence-corrected chi connectivity index (χ4v) is 3.24. The highest BCUT2D eigenvalue weighted by atomic mass is 32.1. The first kappa shape index (κ1) is 16.2. The van der Waals surface area contributed by atoms with Gasteiger partial charge in [0.1, 0.15) is 10.8 Å². The zero-order chi connectivity index (χ0) is 16.9. The summed E-state index contributed by atoms with van der Waals surface area (Å²) >= 11 is 1.61. The monoisotopic (exact) mass is 338 g/mol. The molecule has 0 unspecified atom stereocenters. The Morgan fingerprint density at radius 1 is 1.17 bits per heavy atom. The lowest BCUT2D eigenvalue weighted by molar-refractivity contribution is 0.0951. The van der Waals surface area contributed by atoms with E-state index in [1.165, 1.54) is 0 Å². The van der Waals surface area contributed by atoms with E-state index in [1.807, 2.05) is 36.6 Å². The van der Waals surface area contributed by atoms with Crippen LogP contribution in [0, 0.1) is 6.92 Å². The van der Waals surface area contributed by atoms with Crippen LogP contribution in [-0.2, 0) is 6.54 Å². The third kappa shape index (κ3) is 3.63. The Bertz CT molecular complexity index is 841. The van der Waals surface area contributed by atoms with Gasteiger partial charge in [-0.2, -0.15) is 0 Å². The molecule has 0 aliphatic heterocycles. The molecule has 3 rings (SSSR count). The van der Waals surface area contributed by atoms with Crippen molar-refractivity contribution in [1.82, 2.24) is 10.3 Å². The number of amides is 1. The average molecular weight is 338 g/mol. The Kier molecular flexibility index (Phi) is 4.91. The quantitative estimate of drug-likeness (QED) is 0.763. The van der Waals surface area contributed by atoms with Crippen LogP contribution in [0.4, 0.5) is 0 Å². The summed E-state index contributed by atoms with van der Waals surface area (Å²) in [6.07, 6.45) is 0. The Labute approximate surface area is 145 Å². The van der Waals surface area contributed by atoms with Gasteiger partial charge >= 0.3 is 0 Å². The molecule has 1 amide bonds. The SMILES string of the molecule is COc1ccc(C(=O)NCc2ccccc2-c2nc(C)cs2)cc1. The van der Waals surface area contributed by atoms with E-state index in [1.54, 1.807) is 42.7 Å². The number of thiazole rings is 1. The number of benzene rings is 2. The highest BCUT2D eigenvalue weighted by molar-refractivity contribution is 7.13. The van der Waals surface area contributed by atoms with Crippen molar-refractivity contribution >= 4 is 17.2 Å². The summed E-state index contributed by atoms with van der Waals surface area (Å²) in [6, 6.07) is 15.1. The summed E-state index contributed by atoms with van der Waals surface area (Å²) in [5, 5.41) is 5.97. The number of aryl methyl sites for hydroxylation is 1. The second kappa shape index (κ2) is 7.27. The van der Waals surface area contributed by atoms with E-state index in [2.05, 4.69) is 10.3 Å². The van der Waals surface area contributed by atoms with Crippen molar-refractivity contribution in [2.24, 2.45) is 0 Å². The second-order valence-electron chi connectivity index (χ2n) is 5.36. The van der Waals surface area contributed by atoms with E-state index in [0.29, 0.717) is 12.1 Å². The number of nitrogens with one attached hydrogen (secondary N) is 1. The molecule has 0 saturated heterocycles. The van der Waals surface area contributed by atoms with Crippen LogP contribution in [0.1, 0.15) is 21.6 Å². The van der Waals surface area contributed by atoms with Crippen LogP contribution < -0.4 is 10.1 Å². The summed E-state index contributed by atoms with van der Waals surface area (Å²) < 4.78 is 5.11. The minimum atomic E-state index is -0.109. The number of carbonyl (C=O) groups is 1. The van der Waals surface area contributed by atoms with Gasteiger partial charge in [0.25, 0.3) is 5.91 Å². The number of aromatic nitrogens is 1. The molecule has 0 radical (unpaired) electrons. The molecule has 0 saturated carbocycles. The van der Waals surface area contributed by atoms with Crippen LogP contribution in [0.5, 0.6) is 5.75 Å². The fourth-order valence-electron chi connectivity index (χ4n) is 2.38. The van der Waals surface area contributed by atoms with Gasteiger partial charge in [-0.3, -0.25) is 4.79 Å². The minimum absolute atomic E-state index is 0.109. The number of rotatable bonds is 5. The topological polar surface area (TPSA) is 51.2 Å². The van der Waals surface area contributed by atoms with Gasteiger partial charge in [0.05, 0.1) is 7.11 Å². The van der Waals surface area contributed by atoms with E-state index in [-0.39, 0.29) is 5.91 Å². The smallest absolute Gasteiger partial charge is 0.251 e. The molecule has 0 atom stereocenters. The lowest BCUT2D eigenvalue weighted by atomic mass is 10.1. The van der Waals surface area contributed by atoms with Crippen LogP contribution in [0.25, 0.3) is 10.6 Å². The normalized spacial score (nSPS) is 10.4. The fraction of sp³-hybridized carbons (Fsp3) is 0.158. The summed E-state index contributed by atoms with van der Waals surface area (Å²) in [5.41, 5.74) is 3.73. The molecular formula is C19H18N2O2S. The number of nitrogens with zero attached hydrogens (tertiary/aromatic N) is 1. The highest BCUT2D eigenvalue weighted by Gasteiger charge is 2.10. The second-order valence-corrected chi connectivity index (χ2v) is 6.22. The minimum Gasteiger partial charge on any atom is -0.497 e. The van der Waals surface area contributed by atoms with Gasteiger partial charge < -0.3 is 10.1 Å². The van der Waals surface area contributed by atoms with E-state index in [4.69, 9.17) is 4.74 Å². The maximum absolute atomic E-state index is 12.3. The number of hydrogen-bond acceptors (Lipinski definition) is 4. The molecule has 2 aromatic carbocycles. The van der Waals surface area contributed by atoms with E-state index >= 15 is 0 Å². The van der Waals surface area contributed by atoms with Crippen LogP contribution in [0.15, 0.2) is 53.9 Å². The molecule has 1 heterocycles. The molecule has 5 heteroatoms. The number of methoxy groups -OCH3 is 1. The third-order valence-electron chi connectivity index (χ3n) is 3.66. The molecule has 1 N–H and O–H groups in total. The van der Waals surface area contributed by atoms with Crippen molar-refractivity contribution in [1.29, 1.82) is 0 Å². The first-order valence-electron chi connectivity index (χ1n) is 7.60. The van der Waals surface area contributed by atoms with Crippen molar-refractivity contribution in [3.8, 4) is 16.3 Å². The van der Waals surface area contributed by atoms with Crippen LogP contribution in [0.2, 0.25) is 0 Å². The molecule has 122 valence electrons. The standard InChI is InChI=1S/C19H18N2O2S/c1-13-12-24-19(21-13)17-6-4-3-5-15(17)11-20-18(22)14-7-9-16(23-2)10-8-14/h3-10,12H,11H2,1-2H3,(H,20,22).